The van der Waals surface area contributed by atoms with E-state index in [0.717, 1.165) is 93.3 Å². The van der Waals surface area contributed by atoms with Gasteiger partial charge in [0.25, 0.3) is 0 Å². The fraction of sp³-hybridized carbons (Fsp3) is 0.250. The molecule has 4 N–H and O–H groups in total. The Morgan fingerprint density at radius 2 is 1.50 bits per heavy atom. The van der Waals surface area contributed by atoms with Gasteiger partial charge >= 0.3 is 0 Å². The van der Waals surface area contributed by atoms with Gasteiger partial charge in [0.15, 0.2) is 0 Å². The van der Waals surface area contributed by atoms with Gasteiger partial charge in [-0.1, -0.05) is 48.5 Å². The number of aliphatic hydroxyl groups is 1. The molecular formula is C32H26N4O2. The fourth-order valence-electron chi connectivity index (χ4n) is 7.06. The molecule has 0 bridgehead atoms. The standard InChI is InChI=1S/C32H26N4O2/c37-29-25(19-11-9-17-5-1-7-21-23(17)27(19)35-31(33-21)13-3-14-31)30(38)26(29)20-12-10-18-6-2-8-22-24(18)28(20)36-32(34-22)15-4-16-32/h1-2,5-12,33,35-37H,3-4,13-16H2/b26-20+. The van der Waals surface area contributed by atoms with Crippen LogP contribution in [0.25, 0.3) is 32.7 Å². The molecule has 3 aliphatic carbocycles. The normalized spacial score (nSPS) is 22.7. The van der Waals surface area contributed by atoms with Gasteiger partial charge in [0.05, 0.1) is 27.9 Å². The van der Waals surface area contributed by atoms with E-state index in [1.807, 2.05) is 30.3 Å². The summed E-state index contributed by atoms with van der Waals surface area (Å²) in [5, 5.41) is 28.7. The van der Waals surface area contributed by atoms with E-state index in [1.165, 1.54) is 0 Å². The summed E-state index contributed by atoms with van der Waals surface area (Å²) >= 11 is 0. The summed E-state index contributed by atoms with van der Waals surface area (Å²) in [7, 11) is 0. The minimum Gasteiger partial charge on any atom is -0.506 e. The fourth-order valence-corrected chi connectivity index (χ4v) is 7.06. The number of carbonyl (C=O) groups excluding carboxylic acids is 1. The van der Waals surface area contributed by atoms with E-state index in [9.17, 15) is 9.90 Å². The third-order valence-electron chi connectivity index (χ3n) is 9.35. The number of carbonyl (C=O) groups is 1. The molecule has 2 saturated carbocycles. The topological polar surface area (TPSA) is 85.8 Å². The molecule has 9 rings (SSSR count). The molecule has 0 amide bonds. The van der Waals surface area contributed by atoms with Crippen molar-refractivity contribution < 1.29 is 9.90 Å². The van der Waals surface area contributed by atoms with E-state index in [2.05, 4.69) is 46.3 Å². The van der Waals surface area contributed by atoms with Crippen molar-refractivity contribution >= 4 is 55.5 Å². The van der Waals surface area contributed by atoms with Crippen LogP contribution >= 0.6 is 0 Å². The van der Waals surface area contributed by atoms with Gasteiger partial charge in [-0.25, -0.2) is 0 Å². The quantitative estimate of drug-likeness (QED) is 0.285. The average Bonchev–Trinajstić information content (AvgIpc) is 2.90. The van der Waals surface area contributed by atoms with Crippen molar-refractivity contribution in [3.63, 3.8) is 0 Å². The van der Waals surface area contributed by atoms with Crippen LogP contribution in [0.3, 0.4) is 0 Å². The van der Waals surface area contributed by atoms with Crippen LogP contribution < -0.4 is 26.5 Å². The zero-order valence-corrected chi connectivity index (χ0v) is 20.8. The zero-order chi connectivity index (χ0) is 25.2. The third-order valence-corrected chi connectivity index (χ3v) is 9.35. The summed E-state index contributed by atoms with van der Waals surface area (Å²) in [6, 6.07) is 20.5. The summed E-state index contributed by atoms with van der Waals surface area (Å²) in [6.07, 6.45) is 6.27. The first-order chi connectivity index (χ1) is 18.5. The van der Waals surface area contributed by atoms with Crippen LogP contribution in [0, 0.1) is 0 Å². The molecule has 2 heterocycles. The average molecular weight is 499 g/mol. The highest BCUT2D eigenvalue weighted by Crippen LogP contribution is 2.50. The zero-order valence-electron chi connectivity index (χ0n) is 20.8. The van der Waals surface area contributed by atoms with Crippen LogP contribution in [-0.4, -0.2) is 22.2 Å². The molecule has 5 aliphatic rings. The molecular weight excluding hydrogens is 472 g/mol. The van der Waals surface area contributed by atoms with Gasteiger partial charge in [-0.2, -0.15) is 0 Å². The van der Waals surface area contributed by atoms with Crippen LogP contribution in [0.5, 0.6) is 0 Å². The SMILES string of the molecule is O=C1C(c2ccc3cccc4c3c2NC2(CCC2)N4)=C(O)/C1=c1/ccc2cccc3c2c1NC1(CCC1)N=3. The number of ketones is 1. The molecule has 0 unspecified atom stereocenters. The maximum atomic E-state index is 13.9. The minimum atomic E-state index is -0.306. The Balaban J connectivity index is 1.28. The third kappa shape index (κ3) is 2.48. The summed E-state index contributed by atoms with van der Waals surface area (Å²) < 4.78 is 0. The van der Waals surface area contributed by atoms with E-state index in [4.69, 9.17) is 4.99 Å². The highest BCUT2D eigenvalue weighted by atomic mass is 16.3. The maximum absolute atomic E-state index is 13.9. The monoisotopic (exact) mass is 498 g/mol. The summed E-state index contributed by atoms with van der Waals surface area (Å²) in [5.74, 6) is -0.0373. The molecule has 0 atom stereocenters. The van der Waals surface area contributed by atoms with Crippen molar-refractivity contribution in [1.82, 2.24) is 0 Å². The molecule has 2 aliphatic heterocycles. The van der Waals surface area contributed by atoms with E-state index in [-0.39, 0.29) is 22.9 Å². The van der Waals surface area contributed by atoms with Crippen molar-refractivity contribution in [3.05, 3.63) is 82.6 Å². The van der Waals surface area contributed by atoms with Crippen molar-refractivity contribution in [3.8, 4) is 0 Å². The lowest BCUT2D eigenvalue weighted by Crippen LogP contribution is -2.53. The molecule has 186 valence electrons. The van der Waals surface area contributed by atoms with E-state index in [0.29, 0.717) is 11.1 Å². The highest BCUT2D eigenvalue weighted by Gasteiger charge is 2.44. The Morgan fingerprint density at radius 3 is 2.24 bits per heavy atom. The lowest BCUT2D eigenvalue weighted by Gasteiger charge is -2.48. The predicted octanol–water partition coefficient (Wildman–Crippen LogP) is 5.34. The van der Waals surface area contributed by atoms with E-state index in [1.54, 1.807) is 0 Å². The van der Waals surface area contributed by atoms with Crippen molar-refractivity contribution in [2.24, 2.45) is 4.99 Å². The summed E-state index contributed by atoms with van der Waals surface area (Å²) in [4.78, 5) is 19.0. The summed E-state index contributed by atoms with van der Waals surface area (Å²) in [6.45, 7) is 0. The smallest absolute Gasteiger partial charge is 0.201 e. The second-order valence-electron chi connectivity index (χ2n) is 11.5. The first-order valence-electron chi connectivity index (χ1n) is 13.6. The predicted molar refractivity (Wildman–Crippen MR) is 151 cm³/mol. The molecule has 38 heavy (non-hydrogen) atoms. The van der Waals surface area contributed by atoms with Crippen LogP contribution in [0.4, 0.5) is 17.1 Å². The number of allylic oxidation sites excluding steroid dienone is 2. The number of nitrogens with one attached hydrogen (secondary N) is 3. The molecule has 0 saturated heterocycles. The Labute approximate surface area is 218 Å². The van der Waals surface area contributed by atoms with Crippen LogP contribution in [0.15, 0.2) is 71.4 Å². The molecule has 2 spiro atoms. The Hall–Kier alpha value is -4.32. The van der Waals surface area contributed by atoms with Gasteiger partial charge in [-0.15, -0.1) is 0 Å². The van der Waals surface area contributed by atoms with Crippen LogP contribution in [-0.2, 0) is 4.79 Å². The number of benzene rings is 4. The molecule has 0 aromatic heterocycles. The molecule has 4 aromatic rings. The number of nitrogens with zero attached hydrogens (tertiary/aromatic N) is 1. The van der Waals surface area contributed by atoms with Crippen molar-refractivity contribution in [2.45, 2.75) is 49.9 Å². The maximum Gasteiger partial charge on any atom is 0.201 e. The summed E-state index contributed by atoms with van der Waals surface area (Å²) in [5.41, 5.74) is 4.02. The Bertz CT molecular complexity index is 1950. The van der Waals surface area contributed by atoms with Gasteiger partial charge in [0.2, 0.25) is 5.78 Å². The van der Waals surface area contributed by atoms with Crippen LogP contribution in [0.1, 0.15) is 44.1 Å². The number of hydrogen-bond acceptors (Lipinski definition) is 6. The van der Waals surface area contributed by atoms with Gasteiger partial charge in [-0.05, 0) is 61.4 Å². The highest BCUT2D eigenvalue weighted by molar-refractivity contribution is 6.52. The molecule has 6 nitrogen and oxygen atoms in total. The number of aliphatic hydroxyl groups excluding tert-OH is 1. The number of hydrogen-bond donors (Lipinski definition) is 4. The second kappa shape index (κ2) is 6.76. The lowest BCUT2D eigenvalue weighted by molar-refractivity contribution is -0.109. The molecule has 4 aromatic carbocycles. The van der Waals surface area contributed by atoms with E-state index < -0.39 is 0 Å². The van der Waals surface area contributed by atoms with Gasteiger partial charge in [0, 0.05) is 27.2 Å². The number of anilines is 3. The van der Waals surface area contributed by atoms with Crippen molar-refractivity contribution in [1.29, 1.82) is 0 Å². The second-order valence-corrected chi connectivity index (χ2v) is 11.5. The van der Waals surface area contributed by atoms with Gasteiger partial charge in [0.1, 0.15) is 17.1 Å². The van der Waals surface area contributed by atoms with Gasteiger partial charge < -0.3 is 21.1 Å². The largest absolute Gasteiger partial charge is 0.506 e. The first kappa shape index (κ1) is 20.7. The minimum absolute atomic E-state index is 0.0751. The van der Waals surface area contributed by atoms with Crippen LogP contribution in [0.2, 0.25) is 0 Å². The lowest BCUT2D eigenvalue weighted by atomic mass is 9.77. The molecule has 6 heteroatoms. The van der Waals surface area contributed by atoms with Gasteiger partial charge in [-0.3, -0.25) is 9.79 Å². The number of Topliss-reactive ketones (excluding diaryl/α,β-unsaturated/α-hetero) is 1. The number of rotatable bonds is 1. The molecule has 0 radical (unpaired) electrons. The Kier molecular flexibility index (Phi) is 3.68. The van der Waals surface area contributed by atoms with E-state index >= 15 is 0 Å². The molecule has 2 fully saturated rings. The first-order valence-corrected chi connectivity index (χ1v) is 13.6. The Morgan fingerprint density at radius 1 is 0.737 bits per heavy atom. The van der Waals surface area contributed by atoms with Crippen molar-refractivity contribution in [2.75, 3.05) is 16.0 Å².